The molecule has 0 saturated heterocycles. The van der Waals surface area contributed by atoms with E-state index in [1.54, 1.807) is 24.3 Å². The molecule has 198 valence electrons. The average Bonchev–Trinajstić information content (AvgIpc) is 2.94. The molecule has 3 aromatic rings. The molecular weight excluding hydrogens is 490 g/mol. The Kier molecular flexibility index (Phi) is 10.7. The van der Waals surface area contributed by atoms with Crippen molar-refractivity contribution in [2.24, 2.45) is 0 Å². The lowest BCUT2D eigenvalue weighted by Crippen LogP contribution is -2.48. The molecule has 0 heterocycles. The number of amides is 3. The Morgan fingerprint density at radius 3 is 1.82 bits per heavy atom. The summed E-state index contributed by atoms with van der Waals surface area (Å²) < 4.78 is 10.4. The number of alkyl carbamates (subject to hydrolysis) is 1. The van der Waals surface area contributed by atoms with Crippen molar-refractivity contribution in [3.05, 3.63) is 102 Å². The highest BCUT2D eigenvalue weighted by Crippen LogP contribution is 2.12. The van der Waals surface area contributed by atoms with Gasteiger partial charge in [0.15, 0.2) is 0 Å². The van der Waals surface area contributed by atoms with Crippen LogP contribution in [0.4, 0.5) is 4.79 Å². The van der Waals surface area contributed by atoms with Gasteiger partial charge in [-0.05, 0) is 28.8 Å². The van der Waals surface area contributed by atoms with Gasteiger partial charge in [0.25, 0.3) is 0 Å². The number of nitrogens with one attached hydrogen (secondary N) is 3. The van der Waals surface area contributed by atoms with Crippen molar-refractivity contribution in [3.63, 3.8) is 0 Å². The van der Waals surface area contributed by atoms with E-state index >= 15 is 0 Å². The van der Waals surface area contributed by atoms with Gasteiger partial charge in [-0.15, -0.1) is 0 Å². The smallest absolute Gasteiger partial charge is 0.407 e. The maximum absolute atomic E-state index is 12.8. The first-order valence-electron chi connectivity index (χ1n) is 11.9. The predicted octanol–water partition coefficient (Wildman–Crippen LogP) is 2.21. The number of esters is 1. The normalized spacial score (nSPS) is 11.1. The molecule has 0 saturated carbocycles. The zero-order valence-corrected chi connectivity index (χ0v) is 20.6. The number of phenols is 1. The van der Waals surface area contributed by atoms with Crippen molar-refractivity contribution in [1.29, 1.82) is 0 Å². The molecule has 4 N–H and O–H groups in total. The number of phenolic OH excluding ortho intramolecular Hbond substituents is 1. The molecule has 3 amide bonds. The highest BCUT2D eigenvalue weighted by molar-refractivity contribution is 5.89. The van der Waals surface area contributed by atoms with Crippen LogP contribution in [0.25, 0.3) is 0 Å². The van der Waals surface area contributed by atoms with Gasteiger partial charge in [0.05, 0.1) is 6.54 Å². The second-order valence-corrected chi connectivity index (χ2v) is 8.28. The van der Waals surface area contributed by atoms with Gasteiger partial charge in [-0.1, -0.05) is 72.8 Å². The second kappa shape index (κ2) is 14.6. The Hall–Kier alpha value is -4.86. The molecule has 0 spiro atoms. The van der Waals surface area contributed by atoms with Gasteiger partial charge >= 0.3 is 12.1 Å². The molecule has 0 aromatic heterocycles. The minimum absolute atomic E-state index is 0.0321. The topological polar surface area (TPSA) is 143 Å². The number of hydrogen-bond acceptors (Lipinski definition) is 7. The van der Waals surface area contributed by atoms with E-state index in [1.165, 1.54) is 12.1 Å². The summed E-state index contributed by atoms with van der Waals surface area (Å²) >= 11 is 0. The van der Waals surface area contributed by atoms with Crippen LogP contribution in [0.3, 0.4) is 0 Å². The highest BCUT2D eigenvalue weighted by Gasteiger charge is 2.23. The number of aromatic hydroxyl groups is 1. The third-order valence-electron chi connectivity index (χ3n) is 5.27. The molecule has 0 aliphatic rings. The van der Waals surface area contributed by atoms with Crippen molar-refractivity contribution in [1.82, 2.24) is 16.0 Å². The van der Waals surface area contributed by atoms with Gasteiger partial charge < -0.3 is 30.5 Å². The lowest BCUT2D eigenvalue weighted by molar-refractivity contribution is -0.149. The van der Waals surface area contributed by atoms with Crippen LogP contribution < -0.4 is 16.0 Å². The Morgan fingerprint density at radius 1 is 0.658 bits per heavy atom. The fourth-order valence-corrected chi connectivity index (χ4v) is 3.30. The zero-order chi connectivity index (χ0) is 27.2. The molecule has 0 radical (unpaired) electrons. The first kappa shape index (κ1) is 27.7. The Labute approximate surface area is 220 Å². The number of carbonyl (C=O) groups is 4. The maximum Gasteiger partial charge on any atom is 0.407 e. The second-order valence-electron chi connectivity index (χ2n) is 8.28. The van der Waals surface area contributed by atoms with E-state index in [9.17, 15) is 24.3 Å². The lowest BCUT2D eigenvalue weighted by Gasteiger charge is -2.18. The molecule has 0 aliphatic carbocycles. The summed E-state index contributed by atoms with van der Waals surface area (Å²) in [5.41, 5.74) is 2.28. The van der Waals surface area contributed by atoms with Gasteiger partial charge in [-0.3, -0.25) is 9.59 Å². The van der Waals surface area contributed by atoms with Crippen LogP contribution in [-0.4, -0.2) is 48.1 Å². The predicted molar refractivity (Wildman–Crippen MR) is 138 cm³/mol. The van der Waals surface area contributed by atoms with E-state index in [0.29, 0.717) is 5.56 Å². The summed E-state index contributed by atoms with van der Waals surface area (Å²) in [6.07, 6.45) is -0.661. The van der Waals surface area contributed by atoms with Crippen LogP contribution in [0, 0.1) is 0 Å². The minimum atomic E-state index is -1.03. The number of ether oxygens (including phenoxy) is 2. The lowest BCUT2D eigenvalue weighted by atomic mass is 10.1. The van der Waals surface area contributed by atoms with Crippen molar-refractivity contribution < 1.29 is 33.8 Å². The SMILES string of the molecule is O=C(CNC(=O)OCc1ccccc1)NCC(=O)N[C@@H](Cc1ccc(O)cc1)C(=O)OCc1ccccc1. The summed E-state index contributed by atoms with van der Waals surface area (Å²) in [7, 11) is 0. The van der Waals surface area contributed by atoms with E-state index in [2.05, 4.69) is 16.0 Å². The van der Waals surface area contributed by atoms with E-state index in [-0.39, 0.29) is 25.4 Å². The van der Waals surface area contributed by atoms with E-state index < -0.39 is 43.0 Å². The molecular formula is C28H29N3O7. The Bertz CT molecular complexity index is 1200. The monoisotopic (exact) mass is 519 g/mol. The summed E-state index contributed by atoms with van der Waals surface area (Å²) in [4.78, 5) is 49.1. The minimum Gasteiger partial charge on any atom is -0.508 e. The quantitative estimate of drug-likeness (QED) is 0.269. The van der Waals surface area contributed by atoms with Crippen molar-refractivity contribution in [3.8, 4) is 5.75 Å². The van der Waals surface area contributed by atoms with Crippen LogP contribution in [-0.2, 0) is 43.5 Å². The number of hydrogen-bond donors (Lipinski definition) is 4. The first-order chi connectivity index (χ1) is 18.4. The maximum atomic E-state index is 12.8. The van der Waals surface area contributed by atoms with Gasteiger partial charge in [0.2, 0.25) is 11.8 Å². The molecule has 3 aromatic carbocycles. The van der Waals surface area contributed by atoms with Crippen molar-refractivity contribution in [2.75, 3.05) is 13.1 Å². The molecule has 3 rings (SSSR count). The van der Waals surface area contributed by atoms with E-state index in [4.69, 9.17) is 9.47 Å². The van der Waals surface area contributed by atoms with Crippen LogP contribution in [0.2, 0.25) is 0 Å². The standard InChI is InChI=1S/C28H29N3O7/c32-23-13-11-20(12-14-23)15-24(27(35)37-18-21-7-3-1-4-8-21)31-26(34)17-29-25(33)16-30-28(36)38-19-22-9-5-2-6-10-22/h1-14,24,32H,15-19H2,(H,29,33)(H,30,36)(H,31,34)/t24-/m0/s1. The van der Waals surface area contributed by atoms with Crippen molar-refractivity contribution in [2.45, 2.75) is 25.7 Å². The fourth-order valence-electron chi connectivity index (χ4n) is 3.30. The largest absolute Gasteiger partial charge is 0.508 e. The summed E-state index contributed by atoms with van der Waals surface area (Å²) in [5.74, 6) is -1.81. The molecule has 0 fully saturated rings. The molecule has 10 nitrogen and oxygen atoms in total. The average molecular weight is 520 g/mol. The van der Waals surface area contributed by atoms with Crippen LogP contribution in [0.1, 0.15) is 16.7 Å². The summed E-state index contributed by atoms with van der Waals surface area (Å²) in [5, 5.41) is 16.8. The van der Waals surface area contributed by atoms with Gasteiger partial charge in [-0.2, -0.15) is 0 Å². The van der Waals surface area contributed by atoms with Crippen LogP contribution in [0.5, 0.6) is 5.75 Å². The molecule has 10 heteroatoms. The zero-order valence-electron chi connectivity index (χ0n) is 20.6. The third kappa shape index (κ3) is 10.0. The first-order valence-corrected chi connectivity index (χ1v) is 11.9. The molecule has 0 aliphatic heterocycles. The summed E-state index contributed by atoms with van der Waals surface area (Å²) in [6, 6.07) is 23.3. The number of rotatable bonds is 12. The molecule has 0 unspecified atom stereocenters. The van der Waals surface area contributed by atoms with Gasteiger partial charge in [-0.25, -0.2) is 9.59 Å². The van der Waals surface area contributed by atoms with Gasteiger partial charge in [0.1, 0.15) is 31.5 Å². The Morgan fingerprint density at radius 2 is 1.21 bits per heavy atom. The van der Waals surface area contributed by atoms with Gasteiger partial charge in [0, 0.05) is 6.42 Å². The van der Waals surface area contributed by atoms with E-state index in [1.807, 2.05) is 48.5 Å². The molecule has 0 bridgehead atoms. The number of carbonyl (C=O) groups excluding carboxylic acids is 4. The molecule has 38 heavy (non-hydrogen) atoms. The number of benzene rings is 3. The Balaban J connectivity index is 1.45. The molecule has 1 atom stereocenters. The van der Waals surface area contributed by atoms with E-state index in [0.717, 1.165) is 11.1 Å². The van der Waals surface area contributed by atoms with Crippen LogP contribution in [0.15, 0.2) is 84.9 Å². The van der Waals surface area contributed by atoms with Crippen LogP contribution >= 0.6 is 0 Å². The van der Waals surface area contributed by atoms with Crippen molar-refractivity contribution >= 4 is 23.9 Å². The summed E-state index contributed by atoms with van der Waals surface area (Å²) in [6.45, 7) is -0.724. The third-order valence-corrected chi connectivity index (χ3v) is 5.27. The highest BCUT2D eigenvalue weighted by atomic mass is 16.5. The fraction of sp³-hybridized carbons (Fsp3) is 0.214.